The normalized spacial score (nSPS) is 21.1. The molecule has 0 radical (unpaired) electrons. The Labute approximate surface area is 170 Å². The predicted octanol–water partition coefficient (Wildman–Crippen LogP) is 4.05. The maximum Gasteiger partial charge on any atom is 0.243 e. The molecule has 3 atom stereocenters. The summed E-state index contributed by atoms with van der Waals surface area (Å²) < 4.78 is 5.58. The zero-order valence-corrected chi connectivity index (χ0v) is 16.7. The van der Waals surface area contributed by atoms with Gasteiger partial charge in [-0.3, -0.25) is 4.90 Å². The van der Waals surface area contributed by atoms with Crippen molar-refractivity contribution in [1.82, 2.24) is 15.0 Å². The smallest absolute Gasteiger partial charge is 0.243 e. The number of nitrogens with two attached hydrogens (primary N) is 1. The number of rotatable bonds is 6. The van der Waals surface area contributed by atoms with E-state index in [9.17, 15) is 0 Å². The second kappa shape index (κ2) is 8.43. The molecule has 2 heterocycles. The second-order valence-electron chi connectivity index (χ2n) is 7.49. The molecule has 1 fully saturated rings. The van der Waals surface area contributed by atoms with E-state index in [0.717, 1.165) is 23.7 Å². The number of hydrogen-bond acceptors (Lipinski definition) is 5. The molecule has 1 unspecified atom stereocenters. The SMILES string of the molecule is CC(c1nc(Cc2ccc(Cl)cc2)no1)N1C[C@@H](CN)[C@H](c2ccccc2)C1. The van der Waals surface area contributed by atoms with Crippen LogP contribution >= 0.6 is 11.6 Å². The van der Waals surface area contributed by atoms with Crippen molar-refractivity contribution in [1.29, 1.82) is 0 Å². The molecule has 2 N–H and O–H groups in total. The third-order valence-corrected chi connectivity index (χ3v) is 5.92. The Morgan fingerprint density at radius 3 is 2.61 bits per heavy atom. The average Bonchev–Trinajstić information content (AvgIpc) is 3.37. The van der Waals surface area contributed by atoms with Gasteiger partial charge < -0.3 is 10.3 Å². The number of hydrogen-bond donors (Lipinski definition) is 1. The highest BCUT2D eigenvalue weighted by atomic mass is 35.5. The van der Waals surface area contributed by atoms with Crippen molar-refractivity contribution in [2.45, 2.75) is 25.3 Å². The van der Waals surface area contributed by atoms with Crippen LogP contribution in [0.2, 0.25) is 5.02 Å². The van der Waals surface area contributed by atoms with Crippen molar-refractivity contribution in [3.8, 4) is 0 Å². The lowest BCUT2D eigenvalue weighted by atomic mass is 9.89. The molecule has 0 aliphatic carbocycles. The zero-order valence-electron chi connectivity index (χ0n) is 16.0. The van der Waals surface area contributed by atoms with Crippen molar-refractivity contribution < 1.29 is 4.52 Å². The fourth-order valence-corrected chi connectivity index (χ4v) is 4.11. The summed E-state index contributed by atoms with van der Waals surface area (Å²) >= 11 is 5.95. The van der Waals surface area contributed by atoms with Gasteiger partial charge in [0.25, 0.3) is 0 Å². The highest BCUT2D eigenvalue weighted by molar-refractivity contribution is 6.30. The van der Waals surface area contributed by atoms with Crippen LogP contribution in [0, 0.1) is 5.92 Å². The molecule has 0 spiro atoms. The van der Waals surface area contributed by atoms with Crippen molar-refractivity contribution in [3.63, 3.8) is 0 Å². The number of benzene rings is 2. The van der Waals surface area contributed by atoms with E-state index in [0.29, 0.717) is 36.5 Å². The molecule has 3 aromatic rings. The highest BCUT2D eigenvalue weighted by Crippen LogP contribution is 2.36. The van der Waals surface area contributed by atoms with Crippen LogP contribution in [-0.2, 0) is 6.42 Å². The van der Waals surface area contributed by atoms with Gasteiger partial charge in [-0.15, -0.1) is 0 Å². The monoisotopic (exact) mass is 396 g/mol. The fraction of sp³-hybridized carbons (Fsp3) is 0.364. The maximum absolute atomic E-state index is 6.08. The molecule has 0 saturated carbocycles. The average molecular weight is 397 g/mol. The Morgan fingerprint density at radius 1 is 1.14 bits per heavy atom. The molecule has 4 rings (SSSR count). The summed E-state index contributed by atoms with van der Waals surface area (Å²) in [5, 5.41) is 4.90. The van der Waals surface area contributed by atoms with E-state index in [2.05, 4.69) is 52.3 Å². The zero-order chi connectivity index (χ0) is 19.5. The molecule has 1 aliphatic heterocycles. The van der Waals surface area contributed by atoms with Crippen LogP contribution in [-0.4, -0.2) is 34.7 Å². The van der Waals surface area contributed by atoms with Crippen LogP contribution in [0.15, 0.2) is 59.1 Å². The van der Waals surface area contributed by atoms with Crippen LogP contribution < -0.4 is 5.73 Å². The quantitative estimate of drug-likeness (QED) is 0.680. The topological polar surface area (TPSA) is 68.2 Å². The number of nitrogens with zero attached hydrogens (tertiary/aromatic N) is 3. The van der Waals surface area contributed by atoms with E-state index in [4.69, 9.17) is 21.9 Å². The molecule has 28 heavy (non-hydrogen) atoms. The molecular formula is C22H25ClN4O. The fourth-order valence-electron chi connectivity index (χ4n) is 3.99. The first-order chi connectivity index (χ1) is 13.6. The minimum absolute atomic E-state index is 0.0641. The van der Waals surface area contributed by atoms with Crippen molar-refractivity contribution >= 4 is 11.6 Å². The summed E-state index contributed by atoms with van der Waals surface area (Å²) in [6.45, 7) is 4.68. The van der Waals surface area contributed by atoms with Crippen LogP contribution in [0.1, 0.15) is 41.7 Å². The first-order valence-corrected chi connectivity index (χ1v) is 10.1. The van der Waals surface area contributed by atoms with Gasteiger partial charge in [0.15, 0.2) is 5.82 Å². The number of likely N-dealkylation sites (tertiary alicyclic amines) is 1. The van der Waals surface area contributed by atoms with Crippen LogP contribution in [0.25, 0.3) is 0 Å². The molecule has 6 heteroatoms. The van der Waals surface area contributed by atoms with Gasteiger partial charge in [-0.2, -0.15) is 4.98 Å². The Bertz CT molecular complexity index is 896. The van der Waals surface area contributed by atoms with Gasteiger partial charge in [0, 0.05) is 30.5 Å². The summed E-state index contributed by atoms with van der Waals surface area (Å²) in [7, 11) is 0. The first kappa shape index (κ1) is 19.1. The maximum atomic E-state index is 6.08. The molecule has 2 aromatic carbocycles. The minimum Gasteiger partial charge on any atom is -0.338 e. The van der Waals surface area contributed by atoms with Crippen LogP contribution in [0.4, 0.5) is 0 Å². The van der Waals surface area contributed by atoms with Crippen molar-refractivity contribution in [3.05, 3.63) is 82.5 Å². The summed E-state index contributed by atoms with van der Waals surface area (Å²) in [6.07, 6.45) is 0.630. The van der Waals surface area contributed by atoms with Gasteiger partial charge in [0.2, 0.25) is 5.89 Å². The summed E-state index contributed by atoms with van der Waals surface area (Å²) in [4.78, 5) is 7.04. The highest BCUT2D eigenvalue weighted by Gasteiger charge is 2.36. The second-order valence-corrected chi connectivity index (χ2v) is 7.93. The van der Waals surface area contributed by atoms with E-state index < -0.39 is 0 Å². The molecular weight excluding hydrogens is 372 g/mol. The lowest BCUT2D eigenvalue weighted by Crippen LogP contribution is -2.26. The van der Waals surface area contributed by atoms with Crippen LogP contribution in [0.3, 0.4) is 0 Å². The van der Waals surface area contributed by atoms with E-state index in [1.165, 1.54) is 5.56 Å². The van der Waals surface area contributed by atoms with E-state index >= 15 is 0 Å². The summed E-state index contributed by atoms with van der Waals surface area (Å²) in [6, 6.07) is 18.4. The molecule has 0 amide bonds. The predicted molar refractivity (Wildman–Crippen MR) is 110 cm³/mol. The molecule has 1 aromatic heterocycles. The Balaban J connectivity index is 1.45. The number of halogens is 1. The van der Waals surface area contributed by atoms with E-state index in [1.54, 1.807) is 0 Å². The van der Waals surface area contributed by atoms with Crippen LogP contribution in [0.5, 0.6) is 0 Å². The van der Waals surface area contributed by atoms with Gasteiger partial charge in [0.1, 0.15) is 0 Å². The standard InChI is InChI=1S/C22H25ClN4O/c1-15(22-25-21(26-28-22)11-16-7-9-19(23)10-8-16)27-13-18(12-24)20(14-27)17-5-3-2-4-6-17/h2-10,15,18,20H,11-14,24H2,1H3/t15?,18-,20+/m1/s1. The molecule has 1 aliphatic rings. The lowest BCUT2D eigenvalue weighted by molar-refractivity contribution is 0.202. The van der Waals surface area contributed by atoms with Gasteiger partial charge in [-0.1, -0.05) is 59.2 Å². The van der Waals surface area contributed by atoms with Crippen molar-refractivity contribution in [2.75, 3.05) is 19.6 Å². The summed E-state index contributed by atoms with van der Waals surface area (Å²) in [5.74, 6) is 2.22. The van der Waals surface area contributed by atoms with Gasteiger partial charge in [0.05, 0.1) is 6.04 Å². The molecule has 0 bridgehead atoms. The third kappa shape index (κ3) is 4.12. The van der Waals surface area contributed by atoms with E-state index in [-0.39, 0.29) is 6.04 Å². The van der Waals surface area contributed by atoms with Crippen molar-refractivity contribution in [2.24, 2.45) is 11.7 Å². The number of aromatic nitrogens is 2. The molecule has 146 valence electrons. The van der Waals surface area contributed by atoms with E-state index in [1.807, 2.05) is 24.3 Å². The van der Waals surface area contributed by atoms with Gasteiger partial charge >= 0.3 is 0 Å². The molecule has 1 saturated heterocycles. The van der Waals surface area contributed by atoms with Gasteiger partial charge in [-0.25, -0.2) is 0 Å². The minimum atomic E-state index is 0.0641. The Kier molecular flexibility index (Phi) is 5.76. The largest absolute Gasteiger partial charge is 0.338 e. The lowest BCUT2D eigenvalue weighted by Gasteiger charge is -2.21. The first-order valence-electron chi connectivity index (χ1n) is 9.70. The third-order valence-electron chi connectivity index (χ3n) is 5.66. The Morgan fingerprint density at radius 2 is 1.89 bits per heavy atom. The Hall–Kier alpha value is -2.21. The molecule has 5 nitrogen and oxygen atoms in total. The summed E-state index contributed by atoms with van der Waals surface area (Å²) in [5.41, 5.74) is 8.53. The van der Waals surface area contributed by atoms with Gasteiger partial charge in [-0.05, 0) is 42.6 Å².